The second-order valence-electron chi connectivity index (χ2n) is 3.79. The summed E-state index contributed by atoms with van der Waals surface area (Å²) in [6.07, 6.45) is 2.68. The van der Waals surface area contributed by atoms with Crippen molar-refractivity contribution in [3.63, 3.8) is 0 Å². The van der Waals surface area contributed by atoms with Crippen molar-refractivity contribution in [2.24, 2.45) is 0 Å². The van der Waals surface area contributed by atoms with Crippen LogP contribution in [0, 0.1) is 12.7 Å². The first-order chi connectivity index (χ1) is 7.59. The third kappa shape index (κ3) is 1.84. The van der Waals surface area contributed by atoms with Gasteiger partial charge < -0.3 is 5.11 Å². The van der Waals surface area contributed by atoms with E-state index in [0.717, 1.165) is 0 Å². The molecule has 0 fully saturated rings. The van der Waals surface area contributed by atoms with Gasteiger partial charge in [-0.25, -0.2) is 9.07 Å². The van der Waals surface area contributed by atoms with E-state index in [1.165, 1.54) is 6.07 Å². The second kappa shape index (κ2) is 4.06. The minimum absolute atomic E-state index is 0.313. The van der Waals surface area contributed by atoms with Gasteiger partial charge in [0.25, 0.3) is 0 Å². The standard InChI is InChI=1S/C12H13FN2O/c1-8-6-12(15-5-3-4-14-15)10(9(2)16)7-11(8)13/h3-7,9,16H,1-2H3/t9-/m0/s1. The Labute approximate surface area is 93.2 Å². The number of aliphatic hydroxyl groups is 1. The lowest BCUT2D eigenvalue weighted by Crippen LogP contribution is -2.05. The molecule has 16 heavy (non-hydrogen) atoms. The Hall–Kier alpha value is -1.68. The summed E-state index contributed by atoms with van der Waals surface area (Å²) in [5.41, 5.74) is 1.78. The van der Waals surface area contributed by atoms with Crippen molar-refractivity contribution < 1.29 is 9.50 Å². The van der Waals surface area contributed by atoms with Crippen LogP contribution in [0.25, 0.3) is 5.69 Å². The number of aromatic nitrogens is 2. The highest BCUT2D eigenvalue weighted by Crippen LogP contribution is 2.24. The van der Waals surface area contributed by atoms with E-state index < -0.39 is 6.10 Å². The fraction of sp³-hybridized carbons (Fsp3) is 0.250. The molecule has 1 aromatic carbocycles. The highest BCUT2D eigenvalue weighted by Gasteiger charge is 2.13. The number of aliphatic hydroxyl groups excluding tert-OH is 1. The first-order valence-electron chi connectivity index (χ1n) is 5.07. The molecule has 2 rings (SSSR count). The van der Waals surface area contributed by atoms with Gasteiger partial charge in [-0.15, -0.1) is 0 Å². The smallest absolute Gasteiger partial charge is 0.126 e. The fourth-order valence-corrected chi connectivity index (χ4v) is 1.63. The van der Waals surface area contributed by atoms with Gasteiger partial charge in [-0.05, 0) is 37.6 Å². The summed E-state index contributed by atoms with van der Waals surface area (Å²) in [4.78, 5) is 0. The molecule has 0 saturated carbocycles. The largest absolute Gasteiger partial charge is 0.389 e. The number of rotatable bonds is 2. The lowest BCUT2D eigenvalue weighted by atomic mass is 10.1. The summed E-state index contributed by atoms with van der Waals surface area (Å²) in [5.74, 6) is -0.313. The summed E-state index contributed by atoms with van der Waals surface area (Å²) >= 11 is 0. The zero-order valence-electron chi connectivity index (χ0n) is 9.18. The molecule has 0 saturated heterocycles. The molecule has 1 atom stereocenters. The number of hydrogen-bond donors (Lipinski definition) is 1. The monoisotopic (exact) mass is 220 g/mol. The summed E-state index contributed by atoms with van der Waals surface area (Å²) in [7, 11) is 0. The lowest BCUT2D eigenvalue weighted by Gasteiger charge is -2.13. The second-order valence-corrected chi connectivity index (χ2v) is 3.79. The van der Waals surface area contributed by atoms with E-state index in [4.69, 9.17) is 0 Å². The average molecular weight is 220 g/mol. The van der Waals surface area contributed by atoms with Crippen LogP contribution in [0.3, 0.4) is 0 Å². The van der Waals surface area contributed by atoms with Gasteiger partial charge >= 0.3 is 0 Å². The lowest BCUT2D eigenvalue weighted by molar-refractivity contribution is 0.198. The van der Waals surface area contributed by atoms with Crippen molar-refractivity contribution in [1.82, 2.24) is 9.78 Å². The van der Waals surface area contributed by atoms with E-state index >= 15 is 0 Å². The van der Waals surface area contributed by atoms with Crippen molar-refractivity contribution in [3.8, 4) is 5.69 Å². The molecule has 0 unspecified atom stereocenters. The van der Waals surface area contributed by atoms with Crippen molar-refractivity contribution >= 4 is 0 Å². The van der Waals surface area contributed by atoms with Crippen molar-refractivity contribution in [1.29, 1.82) is 0 Å². The molecule has 0 radical (unpaired) electrons. The number of halogens is 1. The topological polar surface area (TPSA) is 38.0 Å². The van der Waals surface area contributed by atoms with E-state index in [0.29, 0.717) is 16.8 Å². The van der Waals surface area contributed by atoms with Crippen LogP contribution in [-0.2, 0) is 0 Å². The van der Waals surface area contributed by atoms with E-state index in [1.807, 2.05) is 0 Å². The zero-order chi connectivity index (χ0) is 11.7. The highest BCUT2D eigenvalue weighted by molar-refractivity contribution is 5.44. The fourth-order valence-electron chi connectivity index (χ4n) is 1.63. The molecule has 3 nitrogen and oxygen atoms in total. The summed E-state index contributed by atoms with van der Waals surface area (Å²) in [6.45, 7) is 3.30. The maximum atomic E-state index is 13.4. The van der Waals surface area contributed by atoms with E-state index in [2.05, 4.69) is 5.10 Å². The SMILES string of the molecule is Cc1cc(-n2cccn2)c([C@H](C)O)cc1F. The van der Waals surface area contributed by atoms with Crippen LogP contribution in [0.2, 0.25) is 0 Å². The van der Waals surface area contributed by atoms with Crippen molar-refractivity contribution in [3.05, 3.63) is 47.5 Å². The van der Waals surface area contributed by atoms with Crippen LogP contribution in [0.4, 0.5) is 4.39 Å². The van der Waals surface area contributed by atoms with Gasteiger partial charge in [0, 0.05) is 18.0 Å². The Balaban J connectivity index is 2.63. The minimum Gasteiger partial charge on any atom is -0.389 e. The molecule has 0 aliphatic heterocycles. The van der Waals surface area contributed by atoms with Gasteiger partial charge in [0.1, 0.15) is 5.82 Å². The molecule has 0 spiro atoms. The predicted octanol–water partition coefficient (Wildman–Crippen LogP) is 2.37. The van der Waals surface area contributed by atoms with Gasteiger partial charge in [0.15, 0.2) is 0 Å². The molecule has 0 aliphatic carbocycles. The zero-order valence-corrected chi connectivity index (χ0v) is 9.18. The minimum atomic E-state index is -0.728. The normalized spacial score (nSPS) is 12.8. The number of hydrogen-bond acceptors (Lipinski definition) is 2. The molecule has 1 N–H and O–H groups in total. The highest BCUT2D eigenvalue weighted by atomic mass is 19.1. The molecule has 0 amide bonds. The van der Waals surface area contributed by atoms with E-state index in [9.17, 15) is 9.50 Å². The Kier molecular flexibility index (Phi) is 2.75. The molecule has 4 heteroatoms. The average Bonchev–Trinajstić information content (AvgIpc) is 2.74. The van der Waals surface area contributed by atoms with Crippen LogP contribution in [0.15, 0.2) is 30.6 Å². The number of nitrogens with zero attached hydrogens (tertiary/aromatic N) is 2. The molecule has 0 aliphatic rings. The number of aryl methyl sites for hydroxylation is 1. The van der Waals surface area contributed by atoms with Crippen LogP contribution < -0.4 is 0 Å². The van der Waals surface area contributed by atoms with Gasteiger partial charge in [-0.3, -0.25) is 0 Å². The molecular weight excluding hydrogens is 207 g/mol. The Morgan fingerprint density at radius 2 is 2.19 bits per heavy atom. The third-order valence-corrected chi connectivity index (χ3v) is 2.51. The first-order valence-corrected chi connectivity index (χ1v) is 5.07. The Morgan fingerprint density at radius 1 is 1.44 bits per heavy atom. The van der Waals surface area contributed by atoms with Gasteiger partial charge in [-0.2, -0.15) is 5.10 Å². The van der Waals surface area contributed by atoms with Gasteiger partial charge in [0.2, 0.25) is 0 Å². The number of benzene rings is 1. The Bertz CT molecular complexity index is 492. The molecule has 1 aromatic heterocycles. The maximum absolute atomic E-state index is 13.4. The first kappa shape index (κ1) is 10.8. The van der Waals surface area contributed by atoms with Crippen LogP contribution in [0.5, 0.6) is 0 Å². The predicted molar refractivity (Wildman–Crippen MR) is 58.9 cm³/mol. The van der Waals surface area contributed by atoms with Gasteiger partial charge in [-0.1, -0.05) is 0 Å². The van der Waals surface area contributed by atoms with Crippen LogP contribution in [0.1, 0.15) is 24.2 Å². The van der Waals surface area contributed by atoms with Gasteiger partial charge in [0.05, 0.1) is 11.8 Å². The summed E-state index contributed by atoms with van der Waals surface area (Å²) in [5, 5.41) is 13.7. The maximum Gasteiger partial charge on any atom is 0.126 e. The quantitative estimate of drug-likeness (QED) is 0.843. The van der Waals surface area contributed by atoms with Crippen LogP contribution in [-0.4, -0.2) is 14.9 Å². The molecular formula is C12H13FN2O. The van der Waals surface area contributed by atoms with E-state index in [1.54, 1.807) is 43.1 Å². The molecule has 0 bridgehead atoms. The van der Waals surface area contributed by atoms with Crippen molar-refractivity contribution in [2.45, 2.75) is 20.0 Å². The van der Waals surface area contributed by atoms with Crippen LogP contribution >= 0.6 is 0 Å². The third-order valence-electron chi connectivity index (χ3n) is 2.51. The molecule has 1 heterocycles. The summed E-state index contributed by atoms with van der Waals surface area (Å²) in [6, 6.07) is 4.83. The molecule has 84 valence electrons. The van der Waals surface area contributed by atoms with Crippen molar-refractivity contribution in [2.75, 3.05) is 0 Å². The molecule has 2 aromatic rings. The summed E-state index contributed by atoms with van der Waals surface area (Å²) < 4.78 is 15.0. The van der Waals surface area contributed by atoms with E-state index in [-0.39, 0.29) is 5.82 Å². The Morgan fingerprint density at radius 3 is 2.75 bits per heavy atom.